The summed E-state index contributed by atoms with van der Waals surface area (Å²) in [4.78, 5) is 19.5. The minimum absolute atomic E-state index is 0.479. The van der Waals surface area contributed by atoms with Crippen molar-refractivity contribution in [3.05, 3.63) is 70.8 Å². The Kier molecular flexibility index (Phi) is 11.6. The van der Waals surface area contributed by atoms with Gasteiger partial charge in [-0.2, -0.15) is 0 Å². The number of benzene rings is 2. The molecule has 0 radical (unpaired) electrons. The molecule has 0 saturated heterocycles. The van der Waals surface area contributed by atoms with Crippen LogP contribution in [0.5, 0.6) is 0 Å². The average molecular weight is 493 g/mol. The lowest BCUT2D eigenvalue weighted by Crippen LogP contribution is -2.39. The number of hydrogen-bond donors (Lipinski definition) is 6. The number of hydrogen-bond acceptors (Lipinski definition) is 6. The molecule has 2 aromatic rings. The molecule has 0 unspecified atom stereocenters. The first-order valence-corrected chi connectivity index (χ1v) is 11.6. The molecule has 8 nitrogen and oxygen atoms in total. The predicted octanol–water partition coefficient (Wildman–Crippen LogP) is 1.67. The Bertz CT molecular complexity index is 1020. The number of carbonyl (C=O) groups is 2. The number of fused-ring (bicyclic) bond motifs is 2. The third-order valence-corrected chi connectivity index (χ3v) is 5.97. The molecule has 0 aliphatic heterocycles. The van der Waals surface area contributed by atoms with E-state index in [4.69, 9.17) is 33.3 Å². The van der Waals surface area contributed by atoms with Gasteiger partial charge in [0.1, 0.15) is 0 Å². The van der Waals surface area contributed by atoms with E-state index in [1.54, 1.807) is 0 Å². The van der Waals surface area contributed by atoms with Gasteiger partial charge < -0.3 is 20.4 Å². The van der Waals surface area contributed by atoms with E-state index < -0.39 is 24.1 Å². The SMILES string of the molecule is C#CCN[C@@H]1CCc2ccccc21.C#CCN[C@@H]1CCc2ccccc21.O=C(O)[C@H](O)[C@@H](O)C(=O)O. The number of aliphatic carboxylic acids is 2. The van der Waals surface area contributed by atoms with Crippen molar-refractivity contribution in [1.29, 1.82) is 0 Å². The predicted molar refractivity (Wildman–Crippen MR) is 136 cm³/mol. The van der Waals surface area contributed by atoms with Gasteiger partial charge in [0, 0.05) is 12.1 Å². The minimum atomic E-state index is -2.27. The van der Waals surface area contributed by atoms with Gasteiger partial charge in [0.15, 0.2) is 12.2 Å². The van der Waals surface area contributed by atoms with Gasteiger partial charge >= 0.3 is 11.9 Å². The van der Waals surface area contributed by atoms with E-state index in [1.807, 2.05) is 0 Å². The normalized spacial score (nSPS) is 18.4. The third-order valence-electron chi connectivity index (χ3n) is 5.97. The first-order chi connectivity index (χ1) is 17.3. The largest absolute Gasteiger partial charge is 0.479 e. The number of carboxylic acids is 2. The van der Waals surface area contributed by atoms with Crippen molar-refractivity contribution in [1.82, 2.24) is 10.6 Å². The molecule has 0 fully saturated rings. The van der Waals surface area contributed by atoms with E-state index in [0.717, 1.165) is 0 Å². The fourth-order valence-corrected chi connectivity index (χ4v) is 4.17. The Labute approximate surface area is 211 Å². The Morgan fingerprint density at radius 1 is 0.778 bits per heavy atom. The Hall–Kier alpha value is -3.66. The van der Waals surface area contributed by atoms with Crippen molar-refractivity contribution in [3.8, 4) is 24.7 Å². The second-order valence-corrected chi connectivity index (χ2v) is 8.32. The maximum atomic E-state index is 9.77. The molecule has 8 heteroatoms. The van der Waals surface area contributed by atoms with Crippen LogP contribution in [0.1, 0.15) is 47.2 Å². The summed E-state index contributed by atoms with van der Waals surface area (Å²) in [7, 11) is 0. The Morgan fingerprint density at radius 2 is 1.14 bits per heavy atom. The zero-order valence-electron chi connectivity index (χ0n) is 19.9. The summed E-state index contributed by atoms with van der Waals surface area (Å²) >= 11 is 0. The number of aliphatic hydroxyl groups excluding tert-OH is 2. The molecule has 0 saturated carbocycles. The van der Waals surface area contributed by atoms with Crippen molar-refractivity contribution >= 4 is 11.9 Å². The zero-order valence-corrected chi connectivity index (χ0v) is 19.9. The standard InChI is InChI=1S/2C12H13N.C4H6O6/c2*1-2-9-13-12-8-7-10-5-3-4-6-11(10)12;5-1(3(7)8)2(6)4(9)10/h2*1,3-6,12-13H,7-9H2;1-2,5-6H,(H,7,8)(H,9,10)/t2*12-;1-,2-/m111/s1. The second-order valence-electron chi connectivity index (χ2n) is 8.32. The van der Waals surface area contributed by atoms with Crippen molar-refractivity contribution < 1.29 is 30.0 Å². The van der Waals surface area contributed by atoms with Gasteiger partial charge in [-0.1, -0.05) is 60.4 Å². The average Bonchev–Trinajstić information content (AvgIpc) is 3.50. The van der Waals surface area contributed by atoms with E-state index in [2.05, 4.69) is 71.0 Å². The zero-order chi connectivity index (χ0) is 26.5. The highest BCUT2D eigenvalue weighted by Gasteiger charge is 2.29. The van der Waals surface area contributed by atoms with Crippen LogP contribution in [0.4, 0.5) is 0 Å². The first kappa shape index (κ1) is 28.6. The summed E-state index contributed by atoms with van der Waals surface area (Å²) in [6, 6.07) is 18.1. The molecule has 2 aromatic carbocycles. The van der Waals surface area contributed by atoms with E-state index in [-0.39, 0.29) is 0 Å². The second kappa shape index (κ2) is 14.7. The highest BCUT2D eigenvalue weighted by molar-refractivity contribution is 5.83. The van der Waals surface area contributed by atoms with Crippen LogP contribution in [0.25, 0.3) is 0 Å². The van der Waals surface area contributed by atoms with E-state index in [1.165, 1.54) is 47.9 Å². The van der Waals surface area contributed by atoms with Crippen LogP contribution in [-0.2, 0) is 22.4 Å². The molecule has 36 heavy (non-hydrogen) atoms. The molecule has 0 aromatic heterocycles. The molecular weight excluding hydrogens is 460 g/mol. The molecular formula is C28H32N2O6. The summed E-state index contributed by atoms with van der Waals surface area (Å²) in [6.45, 7) is 1.33. The molecule has 2 aliphatic carbocycles. The quantitative estimate of drug-likeness (QED) is 0.321. The summed E-state index contributed by atoms with van der Waals surface area (Å²) in [5, 5.41) is 39.2. The monoisotopic (exact) mass is 492 g/mol. The van der Waals surface area contributed by atoms with E-state index in [9.17, 15) is 9.59 Å². The Morgan fingerprint density at radius 3 is 1.47 bits per heavy atom. The van der Waals surface area contributed by atoms with Gasteiger partial charge in [-0.05, 0) is 47.9 Å². The number of terminal acetylenes is 2. The van der Waals surface area contributed by atoms with Crippen molar-refractivity contribution in [3.63, 3.8) is 0 Å². The lowest BCUT2D eigenvalue weighted by Gasteiger charge is -2.10. The number of rotatable bonds is 7. The van der Waals surface area contributed by atoms with Crippen molar-refractivity contribution in [2.45, 2.75) is 50.0 Å². The van der Waals surface area contributed by atoms with Crippen LogP contribution in [0, 0.1) is 24.7 Å². The number of nitrogens with one attached hydrogen (secondary N) is 2. The van der Waals surface area contributed by atoms with Crippen LogP contribution in [0.15, 0.2) is 48.5 Å². The lowest BCUT2D eigenvalue weighted by atomic mass is 10.1. The summed E-state index contributed by atoms with van der Waals surface area (Å²) in [6.07, 6.45) is 10.6. The molecule has 0 bridgehead atoms. The number of aliphatic hydroxyl groups is 2. The summed E-state index contributed by atoms with van der Waals surface area (Å²) in [5.74, 6) is 1.69. The van der Waals surface area contributed by atoms with Gasteiger partial charge in [0.2, 0.25) is 0 Å². The fourth-order valence-electron chi connectivity index (χ4n) is 4.17. The maximum absolute atomic E-state index is 9.77. The molecule has 0 amide bonds. The van der Waals surface area contributed by atoms with Crippen LogP contribution < -0.4 is 10.6 Å². The van der Waals surface area contributed by atoms with Gasteiger partial charge in [0.05, 0.1) is 13.1 Å². The summed E-state index contributed by atoms with van der Waals surface area (Å²) in [5.41, 5.74) is 5.80. The highest BCUT2D eigenvalue weighted by atomic mass is 16.4. The van der Waals surface area contributed by atoms with Gasteiger partial charge in [-0.25, -0.2) is 9.59 Å². The highest BCUT2D eigenvalue weighted by Crippen LogP contribution is 2.31. The van der Waals surface area contributed by atoms with E-state index >= 15 is 0 Å². The molecule has 4 atom stereocenters. The molecule has 2 aliphatic rings. The minimum Gasteiger partial charge on any atom is -0.479 e. The molecule has 6 N–H and O–H groups in total. The molecule has 190 valence electrons. The lowest BCUT2D eigenvalue weighted by molar-refractivity contribution is -0.165. The molecule has 4 rings (SSSR count). The number of carboxylic acid groups (broad SMARTS) is 2. The van der Waals surface area contributed by atoms with Crippen molar-refractivity contribution in [2.75, 3.05) is 13.1 Å². The topological polar surface area (TPSA) is 139 Å². The first-order valence-electron chi connectivity index (χ1n) is 11.6. The summed E-state index contributed by atoms with van der Waals surface area (Å²) < 4.78 is 0. The van der Waals surface area contributed by atoms with Crippen molar-refractivity contribution in [2.24, 2.45) is 0 Å². The molecule has 0 spiro atoms. The number of aryl methyl sites for hydroxylation is 2. The van der Waals surface area contributed by atoms with Crippen LogP contribution in [0.3, 0.4) is 0 Å². The smallest absolute Gasteiger partial charge is 0.335 e. The van der Waals surface area contributed by atoms with Crippen LogP contribution in [0.2, 0.25) is 0 Å². The third kappa shape index (κ3) is 8.23. The van der Waals surface area contributed by atoms with E-state index in [0.29, 0.717) is 25.2 Å². The van der Waals surface area contributed by atoms with Crippen LogP contribution >= 0.6 is 0 Å². The molecule has 0 heterocycles. The maximum Gasteiger partial charge on any atom is 0.335 e. The van der Waals surface area contributed by atoms with Crippen LogP contribution in [-0.4, -0.2) is 57.7 Å². The van der Waals surface area contributed by atoms with Gasteiger partial charge in [-0.15, -0.1) is 12.8 Å². The fraction of sp³-hybridized carbons (Fsp3) is 0.357. The Balaban J connectivity index is 0.000000193. The van der Waals surface area contributed by atoms with Gasteiger partial charge in [-0.3, -0.25) is 10.6 Å². The van der Waals surface area contributed by atoms with Gasteiger partial charge in [0.25, 0.3) is 0 Å².